The van der Waals surface area contributed by atoms with Gasteiger partial charge in [0.25, 0.3) is 0 Å². The minimum Gasteiger partial charge on any atom is -0.481 e. The van der Waals surface area contributed by atoms with Crippen molar-refractivity contribution in [3.05, 3.63) is 54.0 Å². The number of aromatic nitrogens is 2. The van der Waals surface area contributed by atoms with Crippen LogP contribution in [0.1, 0.15) is 17.3 Å². The number of ether oxygens (including phenoxy) is 1. The van der Waals surface area contributed by atoms with E-state index in [0.717, 1.165) is 11.3 Å². The van der Waals surface area contributed by atoms with Gasteiger partial charge < -0.3 is 10.1 Å². The zero-order valence-electron chi connectivity index (χ0n) is 9.92. The smallest absolute Gasteiger partial charge is 0.216 e. The van der Waals surface area contributed by atoms with Crippen molar-refractivity contribution in [3.63, 3.8) is 0 Å². The van der Waals surface area contributed by atoms with E-state index < -0.39 is 0 Å². The van der Waals surface area contributed by atoms with Crippen molar-refractivity contribution < 1.29 is 4.74 Å². The lowest BCUT2D eigenvalue weighted by Gasteiger charge is -2.16. The number of methoxy groups -OCH3 is 1. The molecule has 0 radical (unpaired) electrons. The van der Waals surface area contributed by atoms with Gasteiger partial charge in [-0.2, -0.15) is 0 Å². The van der Waals surface area contributed by atoms with Crippen LogP contribution in [0.4, 0.5) is 0 Å². The molecule has 4 heteroatoms. The predicted octanol–water partition coefficient (Wildman–Crippen LogP) is 1.79. The Morgan fingerprint density at radius 1 is 1.18 bits per heavy atom. The van der Waals surface area contributed by atoms with Crippen LogP contribution in [0, 0.1) is 0 Å². The average Bonchev–Trinajstić information content (AvgIpc) is 2.41. The third kappa shape index (κ3) is 2.60. The third-order valence-electron chi connectivity index (χ3n) is 2.59. The summed E-state index contributed by atoms with van der Waals surface area (Å²) in [6, 6.07) is 12.0. The highest BCUT2D eigenvalue weighted by Gasteiger charge is 2.13. The fraction of sp³-hybridized carbons (Fsp3) is 0.231. The highest BCUT2D eigenvalue weighted by molar-refractivity contribution is 5.29. The second-order valence-electron chi connectivity index (χ2n) is 3.62. The first-order valence-electron chi connectivity index (χ1n) is 5.43. The number of nitrogens with one attached hydrogen (secondary N) is 1. The van der Waals surface area contributed by atoms with Gasteiger partial charge in [-0.25, -0.2) is 9.97 Å². The molecule has 88 valence electrons. The summed E-state index contributed by atoms with van der Waals surface area (Å²) in [5.41, 5.74) is 2.06. The first kappa shape index (κ1) is 11.5. The lowest BCUT2D eigenvalue weighted by atomic mass is 10.0. The minimum absolute atomic E-state index is 0.0492. The predicted molar refractivity (Wildman–Crippen MR) is 65.9 cm³/mol. The van der Waals surface area contributed by atoms with Crippen molar-refractivity contribution in [1.29, 1.82) is 0 Å². The van der Waals surface area contributed by atoms with Crippen LogP contribution in [-0.4, -0.2) is 24.1 Å². The highest BCUT2D eigenvalue weighted by atomic mass is 16.5. The van der Waals surface area contributed by atoms with E-state index in [0.29, 0.717) is 5.88 Å². The minimum atomic E-state index is 0.0492. The van der Waals surface area contributed by atoms with Gasteiger partial charge >= 0.3 is 0 Å². The number of nitrogens with zero attached hydrogens (tertiary/aromatic N) is 2. The van der Waals surface area contributed by atoms with Gasteiger partial charge in [0.15, 0.2) is 0 Å². The van der Waals surface area contributed by atoms with Crippen LogP contribution in [-0.2, 0) is 0 Å². The van der Waals surface area contributed by atoms with Crippen LogP contribution in [0.2, 0.25) is 0 Å². The lowest BCUT2D eigenvalue weighted by molar-refractivity contribution is 0.395. The van der Waals surface area contributed by atoms with Gasteiger partial charge in [-0.1, -0.05) is 30.3 Å². The van der Waals surface area contributed by atoms with Crippen LogP contribution in [0.15, 0.2) is 42.7 Å². The highest BCUT2D eigenvalue weighted by Crippen LogP contribution is 2.21. The van der Waals surface area contributed by atoms with Gasteiger partial charge in [0.05, 0.1) is 18.8 Å². The van der Waals surface area contributed by atoms with Gasteiger partial charge in [0, 0.05) is 6.07 Å². The molecule has 1 unspecified atom stereocenters. The molecule has 1 aromatic carbocycles. The number of hydrogen-bond acceptors (Lipinski definition) is 4. The monoisotopic (exact) mass is 229 g/mol. The van der Waals surface area contributed by atoms with Gasteiger partial charge in [0.1, 0.15) is 6.33 Å². The molecule has 1 atom stereocenters. The summed E-state index contributed by atoms with van der Waals surface area (Å²) in [5.74, 6) is 0.575. The number of hydrogen-bond donors (Lipinski definition) is 1. The summed E-state index contributed by atoms with van der Waals surface area (Å²) in [7, 11) is 3.51. The van der Waals surface area contributed by atoms with Crippen molar-refractivity contribution in [2.45, 2.75) is 6.04 Å². The molecule has 1 N–H and O–H groups in total. The van der Waals surface area contributed by atoms with Crippen LogP contribution in [0.3, 0.4) is 0 Å². The largest absolute Gasteiger partial charge is 0.481 e. The summed E-state index contributed by atoms with van der Waals surface area (Å²) < 4.78 is 5.11. The first-order chi connectivity index (χ1) is 8.35. The Kier molecular flexibility index (Phi) is 3.67. The molecule has 0 saturated carbocycles. The molecule has 1 heterocycles. The molecule has 0 fully saturated rings. The molecule has 0 bridgehead atoms. The van der Waals surface area contributed by atoms with Crippen LogP contribution >= 0.6 is 0 Å². The van der Waals surface area contributed by atoms with Crippen molar-refractivity contribution in [2.75, 3.05) is 14.2 Å². The van der Waals surface area contributed by atoms with Gasteiger partial charge in [-0.15, -0.1) is 0 Å². The lowest BCUT2D eigenvalue weighted by Crippen LogP contribution is -2.19. The van der Waals surface area contributed by atoms with Crippen LogP contribution in [0.25, 0.3) is 0 Å². The third-order valence-corrected chi connectivity index (χ3v) is 2.59. The Hall–Kier alpha value is -1.94. The quantitative estimate of drug-likeness (QED) is 0.868. The maximum absolute atomic E-state index is 5.11. The Morgan fingerprint density at radius 3 is 2.59 bits per heavy atom. The molecule has 17 heavy (non-hydrogen) atoms. The molecule has 2 aromatic rings. The van der Waals surface area contributed by atoms with E-state index in [2.05, 4.69) is 27.4 Å². The van der Waals surface area contributed by atoms with E-state index in [4.69, 9.17) is 4.74 Å². The summed E-state index contributed by atoms with van der Waals surface area (Å²) >= 11 is 0. The van der Waals surface area contributed by atoms with E-state index in [9.17, 15) is 0 Å². The fourth-order valence-corrected chi connectivity index (χ4v) is 1.75. The van der Waals surface area contributed by atoms with Gasteiger partial charge in [-0.05, 0) is 12.6 Å². The number of rotatable bonds is 4. The standard InChI is InChI=1S/C13H15N3O/c1-14-13(10-6-4-3-5-7-10)11-8-12(17-2)16-9-15-11/h3-9,13-14H,1-2H3. The SMILES string of the molecule is CNC(c1ccccc1)c1cc(OC)ncn1. The van der Waals surface area contributed by atoms with E-state index in [1.807, 2.05) is 31.3 Å². The Bertz CT molecular complexity index is 473. The zero-order chi connectivity index (χ0) is 12.1. The van der Waals surface area contributed by atoms with E-state index in [1.54, 1.807) is 7.11 Å². The summed E-state index contributed by atoms with van der Waals surface area (Å²) in [6.45, 7) is 0. The maximum Gasteiger partial charge on any atom is 0.216 e. The Balaban J connectivity index is 2.35. The molecule has 0 amide bonds. The molecule has 0 aliphatic heterocycles. The molecular formula is C13H15N3O. The Labute approximate surface area is 101 Å². The molecular weight excluding hydrogens is 214 g/mol. The Morgan fingerprint density at radius 2 is 1.94 bits per heavy atom. The summed E-state index contributed by atoms with van der Waals surface area (Å²) in [6.07, 6.45) is 1.52. The zero-order valence-corrected chi connectivity index (χ0v) is 9.92. The van der Waals surface area contributed by atoms with Crippen molar-refractivity contribution in [3.8, 4) is 5.88 Å². The molecule has 0 aliphatic carbocycles. The molecule has 0 aliphatic rings. The number of benzene rings is 1. The fourth-order valence-electron chi connectivity index (χ4n) is 1.75. The van der Waals surface area contributed by atoms with Crippen molar-refractivity contribution >= 4 is 0 Å². The molecule has 0 saturated heterocycles. The second-order valence-corrected chi connectivity index (χ2v) is 3.62. The van der Waals surface area contributed by atoms with Gasteiger partial charge in [0.2, 0.25) is 5.88 Å². The normalized spacial score (nSPS) is 12.1. The van der Waals surface area contributed by atoms with Crippen molar-refractivity contribution in [1.82, 2.24) is 15.3 Å². The van der Waals surface area contributed by atoms with E-state index in [-0.39, 0.29) is 6.04 Å². The van der Waals surface area contributed by atoms with E-state index in [1.165, 1.54) is 6.33 Å². The molecule has 1 aromatic heterocycles. The molecule has 4 nitrogen and oxygen atoms in total. The maximum atomic E-state index is 5.11. The average molecular weight is 229 g/mol. The van der Waals surface area contributed by atoms with Crippen molar-refractivity contribution in [2.24, 2.45) is 0 Å². The summed E-state index contributed by atoms with van der Waals surface area (Å²) in [4.78, 5) is 8.29. The second kappa shape index (κ2) is 5.41. The van der Waals surface area contributed by atoms with Gasteiger partial charge in [-0.3, -0.25) is 0 Å². The van der Waals surface area contributed by atoms with Crippen LogP contribution < -0.4 is 10.1 Å². The topological polar surface area (TPSA) is 47.0 Å². The summed E-state index contributed by atoms with van der Waals surface area (Å²) in [5, 5.41) is 3.24. The first-order valence-corrected chi connectivity index (χ1v) is 5.43. The molecule has 0 spiro atoms. The molecule has 2 rings (SSSR count). The van der Waals surface area contributed by atoms with E-state index >= 15 is 0 Å². The van der Waals surface area contributed by atoms with Crippen LogP contribution in [0.5, 0.6) is 5.88 Å².